The van der Waals surface area contributed by atoms with Crippen molar-refractivity contribution in [2.24, 2.45) is 0 Å². The van der Waals surface area contributed by atoms with Crippen LogP contribution in [0, 0.1) is 0 Å². The van der Waals surface area contributed by atoms with E-state index in [9.17, 15) is 4.79 Å². The fraction of sp³-hybridized carbons (Fsp3) is 0.0714. The van der Waals surface area contributed by atoms with Gasteiger partial charge in [-0.15, -0.1) is 0 Å². The minimum absolute atomic E-state index is 0.00212. The average molecular weight is 291 g/mol. The Morgan fingerprint density at radius 2 is 1.71 bits per heavy atom. The Labute approximate surface area is 108 Å². The van der Waals surface area contributed by atoms with Crippen molar-refractivity contribution in [1.82, 2.24) is 0 Å². The first kappa shape index (κ1) is 11.9. The maximum Gasteiger partial charge on any atom is 0.163 e. The summed E-state index contributed by atoms with van der Waals surface area (Å²) in [6.45, 7) is 1.53. The van der Waals surface area contributed by atoms with E-state index in [0.717, 1.165) is 4.47 Å². The molecule has 2 nitrogen and oxygen atoms in total. The normalized spacial score (nSPS) is 10.0. The van der Waals surface area contributed by atoms with Gasteiger partial charge in [-0.3, -0.25) is 4.79 Å². The lowest BCUT2D eigenvalue weighted by atomic mass is 10.1. The van der Waals surface area contributed by atoms with Crippen LogP contribution in [0.15, 0.2) is 53.0 Å². The third-order valence-corrected chi connectivity index (χ3v) is 2.84. The molecule has 3 heteroatoms. The first-order valence-electron chi connectivity index (χ1n) is 5.20. The molecule has 0 unspecified atom stereocenters. The molecule has 0 aliphatic carbocycles. The lowest BCUT2D eigenvalue weighted by Crippen LogP contribution is -1.96. The maximum absolute atomic E-state index is 11.4. The van der Waals surface area contributed by atoms with Crippen LogP contribution in [0.3, 0.4) is 0 Å². The van der Waals surface area contributed by atoms with E-state index in [4.69, 9.17) is 4.74 Å². The lowest BCUT2D eigenvalue weighted by Gasteiger charge is -2.08. The molecule has 0 saturated heterocycles. The number of rotatable bonds is 3. The topological polar surface area (TPSA) is 26.3 Å². The van der Waals surface area contributed by atoms with Gasteiger partial charge in [0.1, 0.15) is 11.5 Å². The summed E-state index contributed by atoms with van der Waals surface area (Å²) < 4.78 is 6.67. The van der Waals surface area contributed by atoms with E-state index in [2.05, 4.69) is 15.9 Å². The van der Waals surface area contributed by atoms with Gasteiger partial charge in [0.2, 0.25) is 0 Å². The fourth-order valence-electron chi connectivity index (χ4n) is 1.48. The molecule has 0 aromatic heterocycles. The van der Waals surface area contributed by atoms with Crippen LogP contribution < -0.4 is 4.74 Å². The standard InChI is InChI=1S/C14H11BrO2/c1-10(16)13-4-2-3-5-14(13)17-12-8-6-11(15)7-9-12/h2-9H,1H3. The highest BCUT2D eigenvalue weighted by atomic mass is 79.9. The first-order valence-corrected chi connectivity index (χ1v) is 5.99. The lowest BCUT2D eigenvalue weighted by molar-refractivity contribution is 0.101. The predicted molar refractivity (Wildman–Crippen MR) is 70.7 cm³/mol. The molecule has 2 aromatic carbocycles. The van der Waals surface area contributed by atoms with Crippen LogP contribution in [-0.2, 0) is 0 Å². The van der Waals surface area contributed by atoms with Gasteiger partial charge in [-0.1, -0.05) is 28.1 Å². The summed E-state index contributed by atoms with van der Waals surface area (Å²) in [6, 6.07) is 14.7. The molecule has 0 radical (unpaired) electrons. The summed E-state index contributed by atoms with van der Waals surface area (Å²) in [6.07, 6.45) is 0. The number of halogens is 1. The van der Waals surface area contributed by atoms with E-state index in [1.807, 2.05) is 36.4 Å². The van der Waals surface area contributed by atoms with Crippen molar-refractivity contribution in [2.45, 2.75) is 6.92 Å². The summed E-state index contributed by atoms with van der Waals surface area (Å²) >= 11 is 3.36. The van der Waals surface area contributed by atoms with Crippen LogP contribution in [0.25, 0.3) is 0 Å². The van der Waals surface area contributed by atoms with Crippen molar-refractivity contribution in [2.75, 3.05) is 0 Å². The molecule has 0 amide bonds. The molecule has 0 aliphatic rings. The second-order valence-electron chi connectivity index (χ2n) is 3.61. The van der Waals surface area contributed by atoms with Gasteiger partial charge >= 0.3 is 0 Å². The van der Waals surface area contributed by atoms with Gasteiger partial charge in [0.05, 0.1) is 5.56 Å². The molecule has 0 aliphatic heterocycles. The van der Waals surface area contributed by atoms with E-state index in [-0.39, 0.29) is 5.78 Å². The van der Waals surface area contributed by atoms with Crippen LogP contribution in [0.2, 0.25) is 0 Å². The smallest absolute Gasteiger partial charge is 0.163 e. The fourth-order valence-corrected chi connectivity index (χ4v) is 1.74. The monoisotopic (exact) mass is 290 g/mol. The highest BCUT2D eigenvalue weighted by Gasteiger charge is 2.07. The SMILES string of the molecule is CC(=O)c1ccccc1Oc1ccc(Br)cc1. The predicted octanol–water partition coefficient (Wildman–Crippen LogP) is 4.44. The third kappa shape index (κ3) is 2.94. The molecular formula is C14H11BrO2. The Morgan fingerprint density at radius 1 is 1.06 bits per heavy atom. The molecule has 0 spiro atoms. The van der Waals surface area contributed by atoms with Gasteiger partial charge < -0.3 is 4.74 Å². The first-order chi connectivity index (χ1) is 8.16. The second-order valence-corrected chi connectivity index (χ2v) is 4.52. The van der Waals surface area contributed by atoms with Crippen molar-refractivity contribution in [3.8, 4) is 11.5 Å². The van der Waals surface area contributed by atoms with Crippen molar-refractivity contribution in [3.63, 3.8) is 0 Å². The molecule has 0 bridgehead atoms. The van der Waals surface area contributed by atoms with E-state index in [1.54, 1.807) is 12.1 Å². The Morgan fingerprint density at radius 3 is 2.35 bits per heavy atom. The van der Waals surface area contributed by atoms with Crippen molar-refractivity contribution in [1.29, 1.82) is 0 Å². The molecule has 0 N–H and O–H groups in total. The third-order valence-electron chi connectivity index (χ3n) is 2.31. The van der Waals surface area contributed by atoms with Crippen molar-refractivity contribution in [3.05, 3.63) is 58.6 Å². The highest BCUT2D eigenvalue weighted by Crippen LogP contribution is 2.26. The summed E-state index contributed by atoms with van der Waals surface area (Å²) in [5, 5.41) is 0. The van der Waals surface area contributed by atoms with E-state index in [1.165, 1.54) is 6.92 Å². The van der Waals surface area contributed by atoms with Gasteiger partial charge in [0.15, 0.2) is 5.78 Å². The number of carbonyl (C=O) groups excluding carboxylic acids is 1. The number of carbonyl (C=O) groups is 1. The second kappa shape index (κ2) is 5.15. The minimum Gasteiger partial charge on any atom is -0.457 e. The van der Waals surface area contributed by atoms with Crippen LogP contribution >= 0.6 is 15.9 Å². The van der Waals surface area contributed by atoms with Crippen molar-refractivity contribution >= 4 is 21.7 Å². The Balaban J connectivity index is 2.30. The van der Waals surface area contributed by atoms with Crippen LogP contribution in [0.1, 0.15) is 17.3 Å². The number of ketones is 1. The van der Waals surface area contributed by atoms with E-state index < -0.39 is 0 Å². The van der Waals surface area contributed by atoms with Gasteiger partial charge in [0, 0.05) is 4.47 Å². The molecular weight excluding hydrogens is 280 g/mol. The zero-order valence-corrected chi connectivity index (χ0v) is 10.9. The largest absolute Gasteiger partial charge is 0.457 e. The maximum atomic E-state index is 11.4. The quantitative estimate of drug-likeness (QED) is 0.781. The summed E-state index contributed by atoms with van der Waals surface area (Å²) in [5.74, 6) is 1.29. The number of hydrogen-bond donors (Lipinski definition) is 0. The average Bonchev–Trinajstić information content (AvgIpc) is 2.32. The van der Waals surface area contributed by atoms with Gasteiger partial charge in [-0.2, -0.15) is 0 Å². The molecule has 0 fully saturated rings. The highest BCUT2D eigenvalue weighted by molar-refractivity contribution is 9.10. The summed E-state index contributed by atoms with van der Waals surface area (Å²) in [4.78, 5) is 11.4. The Hall–Kier alpha value is -1.61. The van der Waals surface area contributed by atoms with Crippen LogP contribution in [0.5, 0.6) is 11.5 Å². The van der Waals surface area contributed by atoms with Gasteiger partial charge in [-0.05, 0) is 43.3 Å². The zero-order chi connectivity index (χ0) is 12.3. The minimum atomic E-state index is -0.00212. The molecule has 0 saturated carbocycles. The number of Topliss-reactive ketones (excluding diaryl/α,β-unsaturated/α-hetero) is 1. The number of benzene rings is 2. The number of ether oxygens (including phenoxy) is 1. The summed E-state index contributed by atoms with van der Waals surface area (Å²) in [7, 11) is 0. The van der Waals surface area contributed by atoms with E-state index in [0.29, 0.717) is 17.1 Å². The number of para-hydroxylation sites is 1. The molecule has 0 atom stereocenters. The Kier molecular flexibility index (Phi) is 3.59. The van der Waals surface area contributed by atoms with Gasteiger partial charge in [-0.25, -0.2) is 0 Å². The molecule has 0 heterocycles. The summed E-state index contributed by atoms with van der Waals surface area (Å²) in [5.41, 5.74) is 0.593. The number of hydrogen-bond acceptors (Lipinski definition) is 2. The van der Waals surface area contributed by atoms with Crippen molar-refractivity contribution < 1.29 is 9.53 Å². The Bertz CT molecular complexity index is 532. The van der Waals surface area contributed by atoms with E-state index >= 15 is 0 Å². The molecule has 86 valence electrons. The molecule has 2 aromatic rings. The zero-order valence-electron chi connectivity index (χ0n) is 9.31. The molecule has 17 heavy (non-hydrogen) atoms. The van der Waals surface area contributed by atoms with Crippen LogP contribution in [-0.4, -0.2) is 5.78 Å². The van der Waals surface area contributed by atoms with Gasteiger partial charge in [0.25, 0.3) is 0 Å². The van der Waals surface area contributed by atoms with Crippen LogP contribution in [0.4, 0.5) is 0 Å². The molecule has 2 rings (SSSR count).